The monoisotopic (exact) mass is 277 g/mol. The maximum Gasteiger partial charge on any atom is 0.133 e. The first-order chi connectivity index (χ1) is 9.63. The third-order valence-corrected chi connectivity index (χ3v) is 3.48. The average molecular weight is 277 g/mol. The number of hydrogen-bond donors (Lipinski definition) is 2. The van der Waals surface area contributed by atoms with E-state index in [2.05, 4.69) is 28.9 Å². The molecule has 0 radical (unpaired) electrons. The molecule has 0 saturated carbocycles. The summed E-state index contributed by atoms with van der Waals surface area (Å²) in [6.07, 6.45) is 2.03. The van der Waals surface area contributed by atoms with Crippen LogP contribution in [0.5, 0.6) is 0 Å². The van der Waals surface area contributed by atoms with Crippen LogP contribution < -0.4 is 5.32 Å². The summed E-state index contributed by atoms with van der Waals surface area (Å²) < 4.78 is 7.23. The summed E-state index contributed by atoms with van der Waals surface area (Å²) in [5.74, 6) is 0.590. The molecular weight excluding hydrogens is 254 g/mol. The van der Waals surface area contributed by atoms with Gasteiger partial charge in [0.05, 0.1) is 12.0 Å². The van der Waals surface area contributed by atoms with Gasteiger partial charge in [0.2, 0.25) is 0 Å². The van der Waals surface area contributed by atoms with E-state index in [4.69, 9.17) is 4.42 Å². The Morgan fingerprint density at radius 3 is 2.90 bits per heavy atom. The highest BCUT2D eigenvalue weighted by molar-refractivity contribution is 5.24. The van der Waals surface area contributed by atoms with E-state index in [1.54, 1.807) is 18.4 Å². The maximum absolute atomic E-state index is 9.94. The second kappa shape index (κ2) is 6.72. The molecule has 0 aliphatic carbocycles. The SMILES string of the molecule is CCCn1nc(C)c(CNCC(O)c2ccco2)c1C. The van der Waals surface area contributed by atoms with Crippen molar-refractivity contribution in [3.05, 3.63) is 41.1 Å². The number of nitrogens with one attached hydrogen (secondary N) is 1. The average Bonchev–Trinajstić information content (AvgIpc) is 3.03. The second-order valence-corrected chi connectivity index (χ2v) is 5.03. The lowest BCUT2D eigenvalue weighted by Crippen LogP contribution is -2.21. The van der Waals surface area contributed by atoms with Crippen molar-refractivity contribution in [1.29, 1.82) is 0 Å². The lowest BCUT2D eigenvalue weighted by atomic mass is 10.2. The molecule has 20 heavy (non-hydrogen) atoms. The molecule has 0 spiro atoms. The molecule has 110 valence electrons. The van der Waals surface area contributed by atoms with E-state index >= 15 is 0 Å². The molecule has 2 aromatic rings. The van der Waals surface area contributed by atoms with Crippen LogP contribution in [0.25, 0.3) is 0 Å². The summed E-state index contributed by atoms with van der Waals surface area (Å²) in [4.78, 5) is 0. The van der Waals surface area contributed by atoms with E-state index in [1.807, 2.05) is 6.92 Å². The van der Waals surface area contributed by atoms with Gasteiger partial charge in [-0.2, -0.15) is 5.10 Å². The molecular formula is C15H23N3O2. The molecule has 1 atom stereocenters. The van der Waals surface area contributed by atoms with Crippen LogP contribution in [0.1, 0.15) is 42.2 Å². The Hall–Kier alpha value is -1.59. The molecule has 0 aromatic carbocycles. The lowest BCUT2D eigenvalue weighted by Gasteiger charge is -2.10. The highest BCUT2D eigenvalue weighted by atomic mass is 16.4. The minimum atomic E-state index is -0.615. The van der Waals surface area contributed by atoms with Gasteiger partial charge in [-0.3, -0.25) is 4.68 Å². The van der Waals surface area contributed by atoms with Crippen LogP contribution in [0.15, 0.2) is 22.8 Å². The Morgan fingerprint density at radius 2 is 2.25 bits per heavy atom. The standard InChI is InChI=1S/C15H23N3O2/c1-4-7-18-12(3)13(11(2)17-18)9-16-10-14(19)15-6-5-8-20-15/h5-6,8,14,16,19H,4,7,9-10H2,1-3H3. The van der Waals surface area contributed by atoms with Crippen LogP contribution in [0.3, 0.4) is 0 Å². The predicted octanol–water partition coefficient (Wildman–Crippen LogP) is 2.33. The largest absolute Gasteiger partial charge is 0.467 e. The molecule has 5 nitrogen and oxygen atoms in total. The molecule has 0 aliphatic heterocycles. The van der Waals surface area contributed by atoms with Crippen molar-refractivity contribution in [2.24, 2.45) is 0 Å². The molecule has 0 saturated heterocycles. The summed E-state index contributed by atoms with van der Waals surface area (Å²) >= 11 is 0. The third kappa shape index (κ3) is 3.29. The van der Waals surface area contributed by atoms with Gasteiger partial charge in [0.1, 0.15) is 11.9 Å². The van der Waals surface area contributed by atoms with Gasteiger partial charge in [0.25, 0.3) is 0 Å². The van der Waals surface area contributed by atoms with Gasteiger partial charge < -0.3 is 14.8 Å². The summed E-state index contributed by atoms with van der Waals surface area (Å²) in [6.45, 7) is 8.38. The van der Waals surface area contributed by atoms with Gasteiger partial charge >= 0.3 is 0 Å². The molecule has 2 aromatic heterocycles. The minimum absolute atomic E-state index is 0.464. The number of nitrogens with zero attached hydrogens (tertiary/aromatic N) is 2. The van der Waals surface area contributed by atoms with Crippen LogP contribution in [-0.2, 0) is 13.1 Å². The van der Waals surface area contributed by atoms with Crippen LogP contribution in [0.2, 0.25) is 0 Å². The number of rotatable bonds is 7. The van der Waals surface area contributed by atoms with Crippen LogP contribution in [-0.4, -0.2) is 21.4 Å². The van der Waals surface area contributed by atoms with E-state index in [9.17, 15) is 5.11 Å². The Balaban J connectivity index is 1.91. The third-order valence-electron chi connectivity index (χ3n) is 3.48. The quantitative estimate of drug-likeness (QED) is 0.815. The first kappa shape index (κ1) is 14.8. The lowest BCUT2D eigenvalue weighted by molar-refractivity contribution is 0.147. The number of aliphatic hydroxyl groups excluding tert-OH is 1. The number of hydrogen-bond acceptors (Lipinski definition) is 4. The summed E-state index contributed by atoms with van der Waals surface area (Å²) in [5.41, 5.74) is 3.46. The summed E-state index contributed by atoms with van der Waals surface area (Å²) in [5, 5.41) is 17.7. The number of aromatic nitrogens is 2. The Kier molecular flexibility index (Phi) is 4.98. The van der Waals surface area contributed by atoms with Gasteiger partial charge in [-0.05, 0) is 32.4 Å². The number of furan rings is 1. The first-order valence-electron chi connectivity index (χ1n) is 7.08. The van der Waals surface area contributed by atoms with Crippen LogP contribution >= 0.6 is 0 Å². The predicted molar refractivity (Wildman–Crippen MR) is 77.4 cm³/mol. The minimum Gasteiger partial charge on any atom is -0.467 e. The fourth-order valence-electron chi connectivity index (χ4n) is 2.33. The highest BCUT2D eigenvalue weighted by Gasteiger charge is 2.13. The topological polar surface area (TPSA) is 63.2 Å². The van der Waals surface area contributed by atoms with Crippen molar-refractivity contribution in [1.82, 2.24) is 15.1 Å². The Labute approximate surface area is 119 Å². The summed E-state index contributed by atoms with van der Waals surface area (Å²) in [6, 6.07) is 3.56. The zero-order chi connectivity index (χ0) is 14.5. The Bertz CT molecular complexity index is 532. The van der Waals surface area contributed by atoms with Crippen molar-refractivity contribution in [2.45, 2.75) is 46.4 Å². The van der Waals surface area contributed by atoms with Gasteiger partial charge in [0.15, 0.2) is 0 Å². The molecule has 2 rings (SSSR count). The van der Waals surface area contributed by atoms with Gasteiger partial charge in [-0.15, -0.1) is 0 Å². The smallest absolute Gasteiger partial charge is 0.133 e. The molecule has 5 heteroatoms. The van der Waals surface area contributed by atoms with E-state index in [0.717, 1.165) is 18.7 Å². The fourth-order valence-corrected chi connectivity index (χ4v) is 2.33. The van der Waals surface area contributed by atoms with E-state index in [-0.39, 0.29) is 0 Å². The second-order valence-electron chi connectivity index (χ2n) is 5.03. The van der Waals surface area contributed by atoms with Crippen LogP contribution in [0.4, 0.5) is 0 Å². The van der Waals surface area contributed by atoms with Gasteiger partial charge in [-0.25, -0.2) is 0 Å². The first-order valence-corrected chi connectivity index (χ1v) is 7.08. The highest BCUT2D eigenvalue weighted by Crippen LogP contribution is 2.15. The Morgan fingerprint density at radius 1 is 1.45 bits per heavy atom. The molecule has 0 bridgehead atoms. The van der Waals surface area contributed by atoms with E-state index < -0.39 is 6.10 Å². The van der Waals surface area contributed by atoms with Crippen molar-refractivity contribution < 1.29 is 9.52 Å². The summed E-state index contributed by atoms with van der Waals surface area (Å²) in [7, 11) is 0. The number of aliphatic hydroxyl groups is 1. The molecule has 0 amide bonds. The van der Waals surface area contributed by atoms with E-state index in [0.29, 0.717) is 18.8 Å². The molecule has 1 unspecified atom stereocenters. The zero-order valence-corrected chi connectivity index (χ0v) is 12.4. The van der Waals surface area contributed by atoms with Crippen molar-refractivity contribution >= 4 is 0 Å². The van der Waals surface area contributed by atoms with Crippen molar-refractivity contribution in [2.75, 3.05) is 6.54 Å². The van der Waals surface area contributed by atoms with Gasteiger partial charge in [0, 0.05) is 30.9 Å². The molecule has 0 aliphatic rings. The number of aryl methyl sites for hydroxylation is 2. The van der Waals surface area contributed by atoms with E-state index in [1.165, 1.54) is 11.3 Å². The fraction of sp³-hybridized carbons (Fsp3) is 0.533. The molecule has 0 fully saturated rings. The van der Waals surface area contributed by atoms with Crippen molar-refractivity contribution in [3.8, 4) is 0 Å². The normalized spacial score (nSPS) is 12.8. The van der Waals surface area contributed by atoms with Crippen LogP contribution in [0, 0.1) is 13.8 Å². The maximum atomic E-state index is 9.94. The zero-order valence-electron chi connectivity index (χ0n) is 12.4. The molecule has 2 heterocycles. The van der Waals surface area contributed by atoms with Crippen molar-refractivity contribution in [3.63, 3.8) is 0 Å². The van der Waals surface area contributed by atoms with Gasteiger partial charge in [-0.1, -0.05) is 6.92 Å². The molecule has 2 N–H and O–H groups in total.